The second kappa shape index (κ2) is 6.16. The summed E-state index contributed by atoms with van der Waals surface area (Å²) in [5, 5.41) is 0. The Bertz CT molecular complexity index is 851. The molecule has 0 bridgehead atoms. The standard InChI is InChI=1S/C16H17F2NO3S/c1-10-8-16(11(2)7-15(10)22-4)23(20,21)19(3)14-9-12(17)5-6-13(14)18/h5-9H,1-4H3. The fraction of sp³-hybridized carbons (Fsp3) is 0.250. The van der Waals surface area contributed by atoms with Crippen LogP contribution in [0.5, 0.6) is 5.75 Å². The number of benzene rings is 2. The van der Waals surface area contributed by atoms with Crippen molar-refractivity contribution in [3.63, 3.8) is 0 Å². The highest BCUT2D eigenvalue weighted by molar-refractivity contribution is 7.92. The van der Waals surface area contributed by atoms with Gasteiger partial charge in [-0.25, -0.2) is 17.2 Å². The van der Waals surface area contributed by atoms with Gasteiger partial charge in [-0.3, -0.25) is 4.31 Å². The van der Waals surface area contributed by atoms with Crippen molar-refractivity contribution < 1.29 is 21.9 Å². The van der Waals surface area contributed by atoms with Crippen molar-refractivity contribution in [2.75, 3.05) is 18.5 Å². The van der Waals surface area contributed by atoms with Gasteiger partial charge in [0.05, 0.1) is 17.7 Å². The summed E-state index contributed by atoms with van der Waals surface area (Å²) in [5.74, 6) is -0.979. The van der Waals surface area contributed by atoms with E-state index in [1.165, 1.54) is 20.2 Å². The van der Waals surface area contributed by atoms with Gasteiger partial charge in [0.25, 0.3) is 10.0 Å². The van der Waals surface area contributed by atoms with E-state index < -0.39 is 21.7 Å². The summed E-state index contributed by atoms with van der Waals surface area (Å²) in [7, 11) is -1.36. The number of nitrogens with zero attached hydrogens (tertiary/aromatic N) is 1. The van der Waals surface area contributed by atoms with Gasteiger partial charge in [0.2, 0.25) is 0 Å². The Morgan fingerprint density at radius 2 is 1.70 bits per heavy atom. The van der Waals surface area contributed by atoms with E-state index in [-0.39, 0.29) is 10.6 Å². The first-order valence-electron chi connectivity index (χ1n) is 6.77. The van der Waals surface area contributed by atoms with Crippen molar-refractivity contribution in [2.24, 2.45) is 0 Å². The maximum atomic E-state index is 13.9. The van der Waals surface area contributed by atoms with Crippen molar-refractivity contribution in [3.05, 3.63) is 53.1 Å². The van der Waals surface area contributed by atoms with E-state index in [1.807, 2.05) is 0 Å². The molecule has 0 N–H and O–H groups in total. The van der Waals surface area contributed by atoms with Crippen LogP contribution in [0.4, 0.5) is 14.5 Å². The molecule has 4 nitrogen and oxygen atoms in total. The molecule has 0 aliphatic heterocycles. The summed E-state index contributed by atoms with van der Waals surface area (Å²) in [5.41, 5.74) is 0.735. The van der Waals surface area contributed by atoms with Crippen LogP contribution >= 0.6 is 0 Å². The zero-order valence-corrected chi connectivity index (χ0v) is 14.0. The minimum absolute atomic E-state index is 0.0157. The van der Waals surface area contributed by atoms with Gasteiger partial charge in [-0.2, -0.15) is 0 Å². The van der Waals surface area contributed by atoms with Gasteiger partial charge >= 0.3 is 0 Å². The average molecular weight is 341 g/mol. The van der Waals surface area contributed by atoms with Gasteiger partial charge in [0.15, 0.2) is 0 Å². The molecule has 0 fully saturated rings. The first kappa shape index (κ1) is 17.2. The van der Waals surface area contributed by atoms with E-state index in [2.05, 4.69) is 0 Å². The van der Waals surface area contributed by atoms with Gasteiger partial charge in [-0.15, -0.1) is 0 Å². The van der Waals surface area contributed by atoms with E-state index in [1.54, 1.807) is 19.9 Å². The molecule has 2 aromatic rings. The van der Waals surface area contributed by atoms with Crippen LogP contribution in [0.3, 0.4) is 0 Å². The molecule has 2 rings (SSSR count). The Hall–Kier alpha value is -2.15. The molecule has 0 radical (unpaired) electrons. The minimum Gasteiger partial charge on any atom is -0.496 e. The van der Waals surface area contributed by atoms with Gasteiger partial charge in [0, 0.05) is 13.1 Å². The Labute approximate surface area is 134 Å². The van der Waals surface area contributed by atoms with E-state index in [4.69, 9.17) is 4.74 Å². The van der Waals surface area contributed by atoms with Crippen LogP contribution in [0, 0.1) is 25.5 Å². The highest BCUT2D eigenvalue weighted by Gasteiger charge is 2.26. The third kappa shape index (κ3) is 3.14. The van der Waals surface area contributed by atoms with E-state index in [9.17, 15) is 17.2 Å². The van der Waals surface area contributed by atoms with Crippen molar-refractivity contribution in [1.29, 1.82) is 0 Å². The highest BCUT2D eigenvalue weighted by atomic mass is 32.2. The first-order valence-corrected chi connectivity index (χ1v) is 8.21. The third-order valence-corrected chi connectivity index (χ3v) is 5.49. The number of methoxy groups -OCH3 is 1. The van der Waals surface area contributed by atoms with Crippen molar-refractivity contribution in [3.8, 4) is 5.75 Å². The van der Waals surface area contributed by atoms with Gasteiger partial charge in [-0.05, 0) is 49.2 Å². The van der Waals surface area contributed by atoms with Gasteiger partial charge in [0.1, 0.15) is 17.4 Å². The number of sulfonamides is 1. The quantitative estimate of drug-likeness (QED) is 0.856. The van der Waals surface area contributed by atoms with E-state index in [0.29, 0.717) is 16.9 Å². The van der Waals surface area contributed by atoms with E-state index in [0.717, 1.165) is 22.5 Å². The van der Waals surface area contributed by atoms with Gasteiger partial charge < -0.3 is 4.74 Å². The normalized spacial score (nSPS) is 11.4. The molecule has 0 aliphatic carbocycles. The Balaban J connectivity index is 2.58. The lowest BCUT2D eigenvalue weighted by molar-refractivity contribution is 0.411. The Morgan fingerprint density at radius 1 is 1.04 bits per heavy atom. The molecule has 0 saturated heterocycles. The van der Waals surface area contributed by atoms with E-state index >= 15 is 0 Å². The summed E-state index contributed by atoms with van der Waals surface area (Å²) in [6, 6.07) is 5.72. The predicted molar refractivity (Wildman–Crippen MR) is 84.4 cm³/mol. The number of anilines is 1. The molecule has 23 heavy (non-hydrogen) atoms. The smallest absolute Gasteiger partial charge is 0.264 e. The summed E-state index contributed by atoms with van der Waals surface area (Å²) >= 11 is 0. The fourth-order valence-corrected chi connectivity index (χ4v) is 3.75. The molecule has 0 spiro atoms. The molecule has 0 saturated carbocycles. The summed E-state index contributed by atoms with van der Waals surface area (Å²) in [6.07, 6.45) is 0. The monoisotopic (exact) mass is 341 g/mol. The van der Waals surface area contributed by atoms with Crippen molar-refractivity contribution in [1.82, 2.24) is 0 Å². The zero-order valence-electron chi connectivity index (χ0n) is 13.2. The average Bonchev–Trinajstić information content (AvgIpc) is 2.50. The second-order valence-electron chi connectivity index (χ2n) is 5.16. The predicted octanol–water partition coefficient (Wildman–Crippen LogP) is 3.42. The second-order valence-corrected chi connectivity index (χ2v) is 7.09. The molecule has 0 heterocycles. The molecule has 2 aromatic carbocycles. The number of halogens is 2. The number of rotatable bonds is 4. The van der Waals surface area contributed by atoms with Crippen LogP contribution < -0.4 is 9.04 Å². The fourth-order valence-electron chi connectivity index (χ4n) is 2.27. The maximum absolute atomic E-state index is 13.9. The Kier molecular flexibility index (Phi) is 4.61. The first-order chi connectivity index (χ1) is 10.7. The number of aryl methyl sites for hydroxylation is 2. The van der Waals surface area contributed by atoms with Crippen LogP contribution in [-0.2, 0) is 10.0 Å². The van der Waals surface area contributed by atoms with Gasteiger partial charge in [-0.1, -0.05) is 0 Å². The summed E-state index contributed by atoms with van der Waals surface area (Å²) in [6.45, 7) is 3.32. The molecule has 0 aromatic heterocycles. The van der Waals surface area contributed by atoms with Crippen LogP contribution in [0.25, 0.3) is 0 Å². The van der Waals surface area contributed by atoms with Crippen LogP contribution in [-0.4, -0.2) is 22.6 Å². The summed E-state index contributed by atoms with van der Waals surface area (Å²) < 4.78 is 58.6. The molecule has 124 valence electrons. The largest absolute Gasteiger partial charge is 0.496 e. The number of hydrogen-bond donors (Lipinski definition) is 0. The van der Waals surface area contributed by atoms with Crippen molar-refractivity contribution in [2.45, 2.75) is 18.7 Å². The lowest BCUT2D eigenvalue weighted by atomic mass is 10.1. The zero-order chi connectivity index (χ0) is 17.4. The topological polar surface area (TPSA) is 46.6 Å². The number of hydrogen-bond acceptors (Lipinski definition) is 3. The highest BCUT2D eigenvalue weighted by Crippen LogP contribution is 2.30. The van der Waals surface area contributed by atoms with Crippen LogP contribution in [0.2, 0.25) is 0 Å². The SMILES string of the molecule is COc1cc(C)c(S(=O)(=O)N(C)c2cc(F)ccc2F)cc1C. The lowest BCUT2D eigenvalue weighted by Crippen LogP contribution is -2.28. The van der Waals surface area contributed by atoms with Crippen LogP contribution in [0.15, 0.2) is 35.2 Å². The third-order valence-electron chi connectivity index (χ3n) is 3.58. The molecule has 0 unspecified atom stereocenters. The minimum atomic E-state index is -4.04. The van der Waals surface area contributed by atoms with Crippen LogP contribution in [0.1, 0.15) is 11.1 Å². The number of ether oxygens (including phenoxy) is 1. The summed E-state index contributed by atoms with van der Waals surface area (Å²) in [4.78, 5) is 0.0157. The molecular formula is C16H17F2NO3S. The molecule has 0 atom stereocenters. The lowest BCUT2D eigenvalue weighted by Gasteiger charge is -2.22. The molecular weight excluding hydrogens is 324 g/mol. The van der Waals surface area contributed by atoms with Crippen molar-refractivity contribution >= 4 is 15.7 Å². The molecule has 7 heteroatoms. The Morgan fingerprint density at radius 3 is 2.30 bits per heavy atom. The molecule has 0 aliphatic rings. The molecule has 0 amide bonds. The maximum Gasteiger partial charge on any atom is 0.264 e.